The van der Waals surface area contributed by atoms with E-state index in [1.54, 1.807) is 19.2 Å². The maximum absolute atomic E-state index is 13.3. The van der Waals surface area contributed by atoms with Crippen LogP contribution in [0, 0.1) is 0 Å². The molecule has 1 atom stereocenters. The monoisotopic (exact) mass is 650 g/mol. The molecule has 0 aliphatic heterocycles. The van der Waals surface area contributed by atoms with Crippen LogP contribution < -0.4 is 29.0 Å². The lowest BCUT2D eigenvalue weighted by Gasteiger charge is -2.16. The van der Waals surface area contributed by atoms with E-state index in [-0.39, 0.29) is 40.8 Å². The van der Waals surface area contributed by atoms with E-state index in [0.717, 1.165) is 22.3 Å². The Kier molecular flexibility index (Phi) is 9.45. The average Bonchev–Trinajstić information content (AvgIpc) is 3.29. The Morgan fingerprint density at radius 1 is 0.889 bits per heavy atom. The molecular formula is C32H31ClN4O7S. The lowest BCUT2D eigenvalue weighted by atomic mass is 9.97. The number of methoxy groups -OCH3 is 3. The van der Waals surface area contributed by atoms with Gasteiger partial charge in [-0.2, -0.15) is 9.97 Å². The molecule has 0 fully saturated rings. The number of anilines is 2. The largest absolute Gasteiger partial charge is 0.497 e. The molecule has 4 aromatic rings. The van der Waals surface area contributed by atoms with Crippen LogP contribution >= 0.6 is 11.6 Å². The number of halogens is 1. The van der Waals surface area contributed by atoms with E-state index in [1.165, 1.54) is 44.6 Å². The Morgan fingerprint density at radius 3 is 2.27 bits per heavy atom. The van der Waals surface area contributed by atoms with Gasteiger partial charge in [0.05, 0.1) is 39.3 Å². The second kappa shape index (κ2) is 13.4. The molecule has 0 bridgehead atoms. The second-order valence-electron chi connectivity index (χ2n) is 10.1. The maximum atomic E-state index is 13.3. The van der Waals surface area contributed by atoms with E-state index in [2.05, 4.69) is 20.0 Å². The van der Waals surface area contributed by atoms with E-state index in [4.69, 9.17) is 30.5 Å². The third-order valence-corrected chi connectivity index (χ3v) is 8.91. The molecule has 5 rings (SSSR count). The summed E-state index contributed by atoms with van der Waals surface area (Å²) in [5, 5.41) is 3.50. The highest BCUT2D eigenvalue weighted by Gasteiger charge is 2.31. The highest BCUT2D eigenvalue weighted by molar-refractivity contribution is 7.92. The van der Waals surface area contributed by atoms with E-state index in [0.29, 0.717) is 28.8 Å². The van der Waals surface area contributed by atoms with Crippen molar-refractivity contribution in [2.75, 3.05) is 38.0 Å². The summed E-state index contributed by atoms with van der Waals surface area (Å²) in [6.07, 6.45) is 0.0996. The molecule has 1 amide bonds. The van der Waals surface area contributed by atoms with Crippen LogP contribution in [0.25, 0.3) is 5.57 Å². The molecule has 0 saturated carbocycles. The minimum atomic E-state index is -4.01. The minimum absolute atomic E-state index is 0.0231. The number of hydrogen-bond donors (Lipinski definition) is 2. The van der Waals surface area contributed by atoms with Gasteiger partial charge in [-0.25, -0.2) is 8.42 Å². The molecule has 1 aromatic heterocycles. The van der Waals surface area contributed by atoms with Crippen molar-refractivity contribution < 1.29 is 32.2 Å². The first-order valence-electron chi connectivity index (χ1n) is 13.8. The summed E-state index contributed by atoms with van der Waals surface area (Å²) in [5.41, 5.74) is 4.32. The number of fused-ring (bicyclic) bond motifs is 1. The van der Waals surface area contributed by atoms with E-state index < -0.39 is 10.0 Å². The molecule has 1 aliphatic carbocycles. The smallest absolute Gasteiger partial charge is 0.321 e. The Hall–Kier alpha value is -4.81. The van der Waals surface area contributed by atoms with Gasteiger partial charge in [0.15, 0.2) is 5.82 Å². The number of aromatic nitrogens is 2. The van der Waals surface area contributed by atoms with Gasteiger partial charge in [-0.05, 0) is 84.3 Å². The molecule has 0 spiro atoms. The fourth-order valence-electron chi connectivity index (χ4n) is 4.98. The van der Waals surface area contributed by atoms with Gasteiger partial charge < -0.3 is 24.3 Å². The summed E-state index contributed by atoms with van der Waals surface area (Å²) in [6.45, 7) is 2.39. The normalized spacial score (nSPS) is 14.0. The highest BCUT2D eigenvalue weighted by Crippen LogP contribution is 2.45. The summed E-state index contributed by atoms with van der Waals surface area (Å²) in [6, 6.07) is 20.1. The van der Waals surface area contributed by atoms with E-state index in [9.17, 15) is 13.2 Å². The lowest BCUT2D eigenvalue weighted by Crippen LogP contribution is -2.15. The zero-order valence-electron chi connectivity index (χ0n) is 25.0. The molecule has 11 nitrogen and oxygen atoms in total. The van der Waals surface area contributed by atoms with E-state index >= 15 is 0 Å². The molecule has 2 N–H and O–H groups in total. The summed E-state index contributed by atoms with van der Waals surface area (Å²) in [5.74, 6) is 1.17. The molecule has 3 aromatic carbocycles. The van der Waals surface area contributed by atoms with Gasteiger partial charge in [0.25, 0.3) is 10.0 Å². The maximum Gasteiger partial charge on any atom is 0.321 e. The van der Waals surface area contributed by atoms with Crippen molar-refractivity contribution in [2.24, 2.45) is 0 Å². The topological polar surface area (TPSA) is 138 Å². The van der Waals surface area contributed by atoms with Crippen LogP contribution in [0.5, 0.6) is 23.4 Å². The number of hydrogen-bond acceptors (Lipinski definition) is 9. The standard InChI is InChI=1S/C32H31ClN4O7S/c1-19-26(27-15-23(41-2)11-14-25(27)28(19)18-44-22-9-5-20(33)6-10-22)16-30(38)34-21-7-12-24(13-8-21)45(39,40)37-29-17-31(42-3)36-32(35-29)43-4/h5-15,17,28H,16,18H2,1-4H3,(H,34,38)(H,35,36,37). The van der Waals surface area contributed by atoms with Gasteiger partial charge in [0, 0.05) is 22.7 Å². The third-order valence-electron chi connectivity index (χ3n) is 7.29. The first-order valence-corrected chi connectivity index (χ1v) is 15.6. The summed E-state index contributed by atoms with van der Waals surface area (Å²) >= 11 is 6.01. The molecule has 0 saturated heterocycles. The number of sulfonamides is 1. The zero-order valence-corrected chi connectivity index (χ0v) is 26.5. The van der Waals surface area contributed by atoms with Crippen molar-refractivity contribution >= 4 is 44.6 Å². The third kappa shape index (κ3) is 7.30. The highest BCUT2D eigenvalue weighted by atomic mass is 35.5. The molecule has 0 radical (unpaired) electrons. The number of nitrogens with zero attached hydrogens (tertiary/aromatic N) is 2. The fourth-order valence-corrected chi connectivity index (χ4v) is 6.09. The van der Waals surface area contributed by atoms with Gasteiger partial charge in [-0.3, -0.25) is 9.52 Å². The number of carbonyl (C=O) groups is 1. The molecule has 13 heteroatoms. The SMILES string of the molecule is COc1ccc2c(c1)C(CC(=O)Nc1ccc(S(=O)(=O)Nc3cc(OC)nc(OC)n3)cc1)=C(C)C2COc1ccc(Cl)cc1. The first kappa shape index (κ1) is 31.6. The quantitative estimate of drug-likeness (QED) is 0.191. The molecule has 45 heavy (non-hydrogen) atoms. The summed E-state index contributed by atoms with van der Waals surface area (Å²) in [7, 11) is 0.337. The van der Waals surface area contributed by atoms with Crippen molar-refractivity contribution in [1.82, 2.24) is 9.97 Å². The van der Waals surface area contributed by atoms with Gasteiger partial charge >= 0.3 is 6.01 Å². The van der Waals surface area contributed by atoms with Crippen LogP contribution in [0.3, 0.4) is 0 Å². The first-order chi connectivity index (χ1) is 21.6. The van der Waals surface area contributed by atoms with Crippen LogP contribution in [0.1, 0.15) is 30.4 Å². The Labute approximate surface area is 266 Å². The molecular weight excluding hydrogens is 620 g/mol. The van der Waals surface area contributed by atoms with Gasteiger partial charge in [0.2, 0.25) is 11.8 Å². The lowest BCUT2D eigenvalue weighted by molar-refractivity contribution is -0.115. The summed E-state index contributed by atoms with van der Waals surface area (Å²) < 4.78 is 50.0. The van der Waals surface area contributed by atoms with Crippen LogP contribution in [0.15, 0.2) is 83.3 Å². The minimum Gasteiger partial charge on any atom is -0.497 e. The number of amides is 1. The number of carbonyl (C=O) groups excluding carboxylic acids is 1. The van der Waals surface area contributed by atoms with Crippen molar-refractivity contribution in [3.8, 4) is 23.4 Å². The van der Waals surface area contributed by atoms with Crippen molar-refractivity contribution in [3.05, 3.63) is 94.5 Å². The van der Waals surface area contributed by atoms with Gasteiger partial charge in [-0.1, -0.05) is 23.2 Å². The van der Waals surface area contributed by atoms with Crippen molar-refractivity contribution in [1.29, 1.82) is 0 Å². The van der Waals surface area contributed by atoms with Crippen LogP contribution in [-0.4, -0.2) is 52.2 Å². The molecule has 1 aliphatic rings. The number of benzene rings is 3. The molecule has 1 unspecified atom stereocenters. The Bertz CT molecular complexity index is 1820. The summed E-state index contributed by atoms with van der Waals surface area (Å²) in [4.78, 5) is 21.2. The predicted octanol–water partition coefficient (Wildman–Crippen LogP) is 5.94. The van der Waals surface area contributed by atoms with Crippen LogP contribution in [0.4, 0.5) is 11.5 Å². The van der Waals surface area contributed by atoms with Crippen LogP contribution in [0.2, 0.25) is 5.02 Å². The van der Waals surface area contributed by atoms with Crippen molar-refractivity contribution in [3.63, 3.8) is 0 Å². The fraction of sp³-hybridized carbons (Fsp3) is 0.219. The number of ether oxygens (including phenoxy) is 4. The van der Waals surface area contributed by atoms with E-state index in [1.807, 2.05) is 37.3 Å². The molecule has 1 heterocycles. The Balaban J connectivity index is 1.29. The zero-order chi connectivity index (χ0) is 32.1. The predicted molar refractivity (Wildman–Crippen MR) is 171 cm³/mol. The molecule has 234 valence electrons. The second-order valence-corrected chi connectivity index (χ2v) is 12.2. The average molecular weight is 651 g/mol. The van der Waals surface area contributed by atoms with Crippen LogP contribution in [-0.2, 0) is 14.8 Å². The van der Waals surface area contributed by atoms with Gasteiger partial charge in [-0.15, -0.1) is 0 Å². The van der Waals surface area contributed by atoms with Gasteiger partial charge in [0.1, 0.15) is 11.5 Å². The number of nitrogens with one attached hydrogen (secondary N) is 2. The Morgan fingerprint density at radius 2 is 1.60 bits per heavy atom. The van der Waals surface area contributed by atoms with Crippen molar-refractivity contribution in [2.45, 2.75) is 24.2 Å². The number of rotatable bonds is 12.